The fourth-order valence-electron chi connectivity index (χ4n) is 2.42. The van der Waals surface area contributed by atoms with E-state index in [1.54, 1.807) is 41.8 Å². The lowest BCUT2D eigenvalue weighted by atomic mass is 10.2. The Bertz CT molecular complexity index is 1070. The van der Waals surface area contributed by atoms with Gasteiger partial charge in [0.1, 0.15) is 11.9 Å². The maximum absolute atomic E-state index is 13.0. The number of anilines is 1. The Morgan fingerprint density at radius 3 is 2.79 bits per heavy atom. The summed E-state index contributed by atoms with van der Waals surface area (Å²) in [5, 5.41) is 13.5. The van der Waals surface area contributed by atoms with Crippen LogP contribution in [0.3, 0.4) is 0 Å². The molecule has 1 amide bonds. The Balaban J connectivity index is 1.64. The molecule has 1 aromatic heterocycles. The second kappa shape index (κ2) is 9.48. The summed E-state index contributed by atoms with van der Waals surface area (Å²) < 4.78 is 23.5. The van der Waals surface area contributed by atoms with Crippen molar-refractivity contribution in [1.29, 1.82) is 5.26 Å². The molecule has 0 aliphatic carbocycles. The van der Waals surface area contributed by atoms with Crippen molar-refractivity contribution in [3.8, 4) is 28.8 Å². The second-order valence-corrected chi connectivity index (χ2v) is 6.58. The number of rotatable bonds is 7. The number of benzene rings is 2. The van der Waals surface area contributed by atoms with Crippen LogP contribution in [0.2, 0.25) is 0 Å². The van der Waals surface area contributed by atoms with Crippen molar-refractivity contribution in [2.75, 3.05) is 19.0 Å². The summed E-state index contributed by atoms with van der Waals surface area (Å²) in [6, 6.07) is 13.0. The first-order valence-corrected chi connectivity index (χ1v) is 9.35. The van der Waals surface area contributed by atoms with Gasteiger partial charge in [-0.1, -0.05) is 6.07 Å². The minimum Gasteiger partial charge on any atom is -0.493 e. The van der Waals surface area contributed by atoms with Gasteiger partial charge in [0.05, 0.1) is 12.8 Å². The maximum atomic E-state index is 13.0. The first kappa shape index (κ1) is 20.0. The number of nitrogens with zero attached hydrogens (tertiary/aromatic N) is 2. The van der Waals surface area contributed by atoms with E-state index in [0.29, 0.717) is 22.3 Å². The Labute approximate surface area is 170 Å². The summed E-state index contributed by atoms with van der Waals surface area (Å²) in [5.41, 5.74) is 2.16. The summed E-state index contributed by atoms with van der Waals surface area (Å²) in [5.74, 6) is 0.260. The van der Waals surface area contributed by atoms with E-state index in [1.807, 2.05) is 6.07 Å². The molecule has 0 atom stereocenters. The number of methoxy groups -OCH3 is 1. The lowest BCUT2D eigenvalue weighted by Crippen LogP contribution is -2.07. The number of nitriles is 1. The second-order valence-electron chi connectivity index (χ2n) is 5.72. The number of aromatic nitrogens is 1. The topological polar surface area (TPSA) is 84.2 Å². The van der Waals surface area contributed by atoms with E-state index in [-0.39, 0.29) is 18.3 Å². The van der Waals surface area contributed by atoms with Gasteiger partial charge in [0.2, 0.25) is 5.91 Å². The molecule has 0 aliphatic heterocycles. The van der Waals surface area contributed by atoms with Crippen LogP contribution in [0, 0.1) is 17.1 Å². The molecule has 0 spiro atoms. The van der Waals surface area contributed by atoms with Crippen LogP contribution in [-0.2, 0) is 4.79 Å². The van der Waals surface area contributed by atoms with E-state index in [9.17, 15) is 9.18 Å². The molecule has 0 radical (unpaired) electrons. The van der Waals surface area contributed by atoms with Gasteiger partial charge < -0.3 is 9.47 Å². The molecule has 0 aliphatic rings. The van der Waals surface area contributed by atoms with Gasteiger partial charge in [-0.15, -0.1) is 11.3 Å². The van der Waals surface area contributed by atoms with Crippen LogP contribution < -0.4 is 14.8 Å². The monoisotopic (exact) mass is 409 g/mol. The highest BCUT2D eigenvalue weighted by Gasteiger charge is 2.08. The highest BCUT2D eigenvalue weighted by Crippen LogP contribution is 2.28. The van der Waals surface area contributed by atoms with Gasteiger partial charge in [0.25, 0.3) is 0 Å². The Hall–Kier alpha value is -3.70. The highest BCUT2D eigenvalue weighted by molar-refractivity contribution is 7.14. The van der Waals surface area contributed by atoms with Crippen molar-refractivity contribution in [3.63, 3.8) is 0 Å². The molecule has 8 heteroatoms. The smallest absolute Gasteiger partial charge is 0.250 e. The normalized spacial score (nSPS) is 10.5. The van der Waals surface area contributed by atoms with Gasteiger partial charge in [-0.3, -0.25) is 10.1 Å². The maximum Gasteiger partial charge on any atom is 0.250 e. The molecule has 0 fully saturated rings. The first-order valence-electron chi connectivity index (χ1n) is 8.47. The third-order valence-electron chi connectivity index (χ3n) is 3.78. The third kappa shape index (κ3) is 5.40. The van der Waals surface area contributed by atoms with E-state index in [1.165, 1.54) is 36.7 Å². The quantitative estimate of drug-likeness (QED) is 0.581. The molecule has 0 saturated heterocycles. The van der Waals surface area contributed by atoms with Gasteiger partial charge in [-0.25, -0.2) is 9.37 Å². The molecule has 0 unspecified atom stereocenters. The molecule has 2 aromatic carbocycles. The number of carbonyl (C=O) groups excluding carboxylic acids is 1. The van der Waals surface area contributed by atoms with Crippen molar-refractivity contribution in [2.24, 2.45) is 0 Å². The number of ether oxygens (including phenoxy) is 2. The Morgan fingerprint density at radius 1 is 1.28 bits per heavy atom. The Kier molecular flexibility index (Phi) is 6.55. The molecule has 0 bridgehead atoms. The summed E-state index contributed by atoms with van der Waals surface area (Å²) in [6.07, 6.45) is 3.00. The lowest BCUT2D eigenvalue weighted by Gasteiger charge is -2.08. The summed E-state index contributed by atoms with van der Waals surface area (Å²) in [7, 11) is 1.50. The summed E-state index contributed by atoms with van der Waals surface area (Å²) in [6.45, 7) is -0.0817. The zero-order valence-corrected chi connectivity index (χ0v) is 16.2. The van der Waals surface area contributed by atoms with Crippen molar-refractivity contribution in [3.05, 3.63) is 65.3 Å². The van der Waals surface area contributed by atoms with Crippen LogP contribution in [0.1, 0.15) is 5.56 Å². The molecule has 6 nitrogen and oxygen atoms in total. The minimum absolute atomic E-state index is 0.0817. The molecular weight excluding hydrogens is 393 g/mol. The third-order valence-corrected chi connectivity index (χ3v) is 4.54. The Morgan fingerprint density at radius 2 is 2.07 bits per heavy atom. The van der Waals surface area contributed by atoms with Gasteiger partial charge in [-0.2, -0.15) is 5.26 Å². The van der Waals surface area contributed by atoms with Crippen LogP contribution in [0.15, 0.2) is 53.9 Å². The average molecular weight is 409 g/mol. The molecule has 1 heterocycles. The number of nitrogens with one attached hydrogen (secondary N) is 1. The van der Waals surface area contributed by atoms with Crippen molar-refractivity contribution in [1.82, 2.24) is 4.98 Å². The molecule has 3 aromatic rings. The average Bonchev–Trinajstić information content (AvgIpc) is 3.19. The molecular formula is C21H16FN3O3S. The van der Waals surface area contributed by atoms with E-state index in [0.717, 1.165) is 11.1 Å². The molecule has 146 valence electrons. The highest BCUT2D eigenvalue weighted by atomic mass is 32.1. The van der Waals surface area contributed by atoms with Crippen molar-refractivity contribution < 1.29 is 18.7 Å². The van der Waals surface area contributed by atoms with Gasteiger partial charge >= 0.3 is 0 Å². The van der Waals surface area contributed by atoms with Gasteiger partial charge in [0.15, 0.2) is 23.2 Å². The van der Waals surface area contributed by atoms with Crippen LogP contribution in [0.25, 0.3) is 17.3 Å². The van der Waals surface area contributed by atoms with Crippen molar-refractivity contribution >= 4 is 28.5 Å². The SMILES string of the molecule is COc1cc(/C=C/C(=O)Nc2nc(-c3ccc(F)cc3)cs2)ccc1OCC#N. The van der Waals surface area contributed by atoms with Crippen LogP contribution in [-0.4, -0.2) is 24.6 Å². The number of hydrogen-bond donors (Lipinski definition) is 1. The van der Waals surface area contributed by atoms with E-state index in [2.05, 4.69) is 10.3 Å². The molecule has 1 N–H and O–H groups in total. The summed E-state index contributed by atoms with van der Waals surface area (Å²) >= 11 is 1.28. The lowest BCUT2D eigenvalue weighted by molar-refractivity contribution is -0.111. The minimum atomic E-state index is -0.339. The number of amides is 1. The fourth-order valence-corrected chi connectivity index (χ4v) is 3.14. The van der Waals surface area contributed by atoms with Gasteiger partial charge in [-0.05, 0) is 48.0 Å². The van der Waals surface area contributed by atoms with E-state index in [4.69, 9.17) is 14.7 Å². The van der Waals surface area contributed by atoms with E-state index >= 15 is 0 Å². The molecule has 29 heavy (non-hydrogen) atoms. The number of carbonyl (C=O) groups is 1. The predicted molar refractivity (Wildman–Crippen MR) is 109 cm³/mol. The predicted octanol–water partition coefficient (Wildman–Crippen LogP) is 4.51. The first-order chi connectivity index (χ1) is 14.1. The summed E-state index contributed by atoms with van der Waals surface area (Å²) in [4.78, 5) is 16.5. The van der Waals surface area contributed by atoms with E-state index < -0.39 is 0 Å². The van der Waals surface area contributed by atoms with Crippen LogP contribution in [0.5, 0.6) is 11.5 Å². The van der Waals surface area contributed by atoms with Crippen LogP contribution in [0.4, 0.5) is 9.52 Å². The zero-order valence-electron chi connectivity index (χ0n) is 15.4. The molecule has 0 saturated carbocycles. The van der Waals surface area contributed by atoms with Crippen molar-refractivity contribution in [2.45, 2.75) is 0 Å². The number of halogens is 1. The number of thiazole rings is 1. The fraction of sp³-hybridized carbons (Fsp3) is 0.0952. The molecule has 3 rings (SSSR count). The number of hydrogen-bond acceptors (Lipinski definition) is 6. The standard InChI is InChI=1S/C21H16FN3O3S/c1-27-19-12-14(2-8-18(19)28-11-10-23)3-9-20(26)25-21-24-17(13-29-21)15-4-6-16(22)7-5-15/h2-9,12-13H,11H2,1H3,(H,24,25,26)/b9-3+. The zero-order chi connectivity index (χ0) is 20.6. The van der Waals surface area contributed by atoms with Crippen LogP contribution >= 0.6 is 11.3 Å². The largest absolute Gasteiger partial charge is 0.493 e. The van der Waals surface area contributed by atoms with Gasteiger partial charge in [0, 0.05) is 17.0 Å².